The molecule has 5 heteroatoms. The van der Waals surface area contributed by atoms with Crippen molar-refractivity contribution < 1.29 is 13.2 Å². The highest BCUT2D eigenvalue weighted by atomic mass is 19.4. The second-order valence-electron chi connectivity index (χ2n) is 3.95. The second kappa shape index (κ2) is 5.11. The molecule has 0 saturated heterocycles. The van der Waals surface area contributed by atoms with Crippen LogP contribution in [0.25, 0.3) is 11.1 Å². The zero-order valence-corrected chi connectivity index (χ0v) is 9.78. The fraction of sp³-hybridized carbons (Fsp3) is 0.143. The quantitative estimate of drug-likeness (QED) is 0.824. The largest absolute Gasteiger partial charge is 0.416 e. The van der Waals surface area contributed by atoms with Gasteiger partial charge in [0.05, 0.1) is 23.7 Å². The van der Waals surface area contributed by atoms with Crippen LogP contribution < -0.4 is 0 Å². The van der Waals surface area contributed by atoms with E-state index in [1.807, 2.05) is 6.07 Å². The van der Waals surface area contributed by atoms with Crippen molar-refractivity contribution in [3.05, 3.63) is 53.9 Å². The van der Waals surface area contributed by atoms with Gasteiger partial charge in [-0.2, -0.15) is 18.4 Å². The number of rotatable bonds is 2. The number of aromatic nitrogens is 1. The van der Waals surface area contributed by atoms with E-state index < -0.39 is 11.7 Å². The Bertz CT molecular complexity index is 627. The molecule has 1 aromatic heterocycles. The number of hydrogen-bond acceptors (Lipinski definition) is 2. The Labute approximate surface area is 108 Å². The Kier molecular flexibility index (Phi) is 3.52. The lowest BCUT2D eigenvalue weighted by atomic mass is 10.0. The monoisotopic (exact) mass is 262 g/mol. The highest BCUT2D eigenvalue weighted by Gasteiger charge is 2.30. The third-order valence-electron chi connectivity index (χ3n) is 2.60. The summed E-state index contributed by atoms with van der Waals surface area (Å²) in [6, 6.07) is 10.3. The summed E-state index contributed by atoms with van der Waals surface area (Å²) in [7, 11) is 0. The van der Waals surface area contributed by atoms with E-state index in [-0.39, 0.29) is 6.42 Å². The van der Waals surface area contributed by atoms with E-state index in [0.29, 0.717) is 16.8 Å². The SMILES string of the molecule is N#CCc1cc(-c2cccc(C(F)(F)F)c2)ccn1. The molecular formula is C14H9F3N2. The normalized spacial score (nSPS) is 11.1. The zero-order valence-electron chi connectivity index (χ0n) is 9.78. The molecule has 0 bridgehead atoms. The van der Waals surface area contributed by atoms with Crippen molar-refractivity contribution in [2.24, 2.45) is 0 Å². The van der Waals surface area contributed by atoms with Crippen LogP contribution in [0.15, 0.2) is 42.6 Å². The summed E-state index contributed by atoms with van der Waals surface area (Å²) >= 11 is 0. The lowest BCUT2D eigenvalue weighted by molar-refractivity contribution is -0.137. The summed E-state index contributed by atoms with van der Waals surface area (Å²) in [5, 5.41) is 8.59. The van der Waals surface area contributed by atoms with Crippen molar-refractivity contribution in [1.82, 2.24) is 4.98 Å². The molecule has 96 valence electrons. The van der Waals surface area contributed by atoms with Crippen LogP contribution in [-0.2, 0) is 12.6 Å². The minimum Gasteiger partial charge on any atom is -0.260 e. The van der Waals surface area contributed by atoms with Gasteiger partial charge in [0, 0.05) is 6.20 Å². The number of halogens is 3. The van der Waals surface area contributed by atoms with Gasteiger partial charge in [-0.1, -0.05) is 12.1 Å². The first kappa shape index (κ1) is 13.1. The van der Waals surface area contributed by atoms with Gasteiger partial charge in [-0.15, -0.1) is 0 Å². The number of benzene rings is 1. The number of pyridine rings is 1. The maximum atomic E-state index is 12.6. The van der Waals surface area contributed by atoms with Crippen LogP contribution in [0.4, 0.5) is 13.2 Å². The Morgan fingerprint density at radius 3 is 2.53 bits per heavy atom. The Morgan fingerprint density at radius 2 is 1.84 bits per heavy atom. The minimum absolute atomic E-state index is 0.132. The molecular weight excluding hydrogens is 253 g/mol. The molecule has 0 radical (unpaired) electrons. The van der Waals surface area contributed by atoms with Crippen LogP contribution in [0, 0.1) is 11.3 Å². The fourth-order valence-corrected chi connectivity index (χ4v) is 1.71. The first-order chi connectivity index (χ1) is 9.00. The minimum atomic E-state index is -4.36. The van der Waals surface area contributed by atoms with Crippen LogP contribution in [0.1, 0.15) is 11.3 Å². The number of hydrogen-bond donors (Lipinski definition) is 0. The average Bonchev–Trinajstić information content (AvgIpc) is 2.39. The molecule has 0 atom stereocenters. The van der Waals surface area contributed by atoms with Gasteiger partial charge >= 0.3 is 6.18 Å². The predicted molar refractivity (Wildman–Crippen MR) is 64.0 cm³/mol. The van der Waals surface area contributed by atoms with Crippen molar-refractivity contribution in [3.8, 4) is 17.2 Å². The summed E-state index contributed by atoms with van der Waals surface area (Å²) in [6.07, 6.45) is -2.74. The van der Waals surface area contributed by atoms with Crippen LogP contribution in [0.5, 0.6) is 0 Å². The maximum absolute atomic E-state index is 12.6. The van der Waals surface area contributed by atoms with Crippen LogP contribution >= 0.6 is 0 Å². The number of nitrogens with zero attached hydrogens (tertiary/aromatic N) is 2. The third kappa shape index (κ3) is 3.10. The molecule has 19 heavy (non-hydrogen) atoms. The fourth-order valence-electron chi connectivity index (χ4n) is 1.71. The van der Waals surface area contributed by atoms with E-state index in [9.17, 15) is 13.2 Å². The Hall–Kier alpha value is -2.35. The highest BCUT2D eigenvalue weighted by Crippen LogP contribution is 2.32. The number of nitriles is 1. The molecule has 0 spiro atoms. The molecule has 0 saturated carbocycles. The molecule has 0 aliphatic carbocycles. The van der Waals surface area contributed by atoms with Gasteiger partial charge in [0.25, 0.3) is 0 Å². The van der Waals surface area contributed by atoms with Gasteiger partial charge in [0.15, 0.2) is 0 Å². The molecule has 2 rings (SSSR count). The zero-order chi connectivity index (χ0) is 13.9. The lowest BCUT2D eigenvalue weighted by Gasteiger charge is -2.09. The summed E-state index contributed by atoms with van der Waals surface area (Å²) in [5.74, 6) is 0. The van der Waals surface area contributed by atoms with Crippen molar-refractivity contribution >= 4 is 0 Å². The van der Waals surface area contributed by atoms with E-state index in [1.54, 1.807) is 18.2 Å². The first-order valence-electron chi connectivity index (χ1n) is 5.50. The van der Waals surface area contributed by atoms with Gasteiger partial charge in [-0.3, -0.25) is 4.98 Å². The van der Waals surface area contributed by atoms with Crippen molar-refractivity contribution in [2.45, 2.75) is 12.6 Å². The van der Waals surface area contributed by atoms with Crippen LogP contribution in [0.3, 0.4) is 0 Å². The van der Waals surface area contributed by atoms with E-state index >= 15 is 0 Å². The average molecular weight is 262 g/mol. The summed E-state index contributed by atoms with van der Waals surface area (Å²) in [5.41, 5.74) is 0.920. The van der Waals surface area contributed by atoms with Gasteiger partial charge in [0.1, 0.15) is 0 Å². The molecule has 0 fully saturated rings. The van der Waals surface area contributed by atoms with E-state index in [2.05, 4.69) is 4.98 Å². The molecule has 0 aliphatic heterocycles. The van der Waals surface area contributed by atoms with Crippen LogP contribution in [-0.4, -0.2) is 4.98 Å². The first-order valence-corrected chi connectivity index (χ1v) is 5.50. The smallest absolute Gasteiger partial charge is 0.260 e. The molecule has 2 aromatic rings. The maximum Gasteiger partial charge on any atom is 0.416 e. The summed E-state index contributed by atoms with van der Waals surface area (Å²) < 4.78 is 37.9. The summed E-state index contributed by atoms with van der Waals surface area (Å²) in [4.78, 5) is 3.98. The molecule has 0 N–H and O–H groups in total. The standard InChI is InChI=1S/C14H9F3N2/c15-14(16,17)12-3-1-2-10(8-12)11-5-7-19-13(9-11)4-6-18/h1-3,5,7-9H,4H2. The highest BCUT2D eigenvalue weighted by molar-refractivity contribution is 5.64. The molecule has 1 aromatic carbocycles. The molecule has 0 amide bonds. The topological polar surface area (TPSA) is 36.7 Å². The van der Waals surface area contributed by atoms with Crippen molar-refractivity contribution in [3.63, 3.8) is 0 Å². The van der Waals surface area contributed by atoms with Gasteiger partial charge in [-0.25, -0.2) is 0 Å². The molecule has 1 heterocycles. The van der Waals surface area contributed by atoms with Gasteiger partial charge in [0.2, 0.25) is 0 Å². The Morgan fingerprint density at radius 1 is 1.11 bits per heavy atom. The van der Waals surface area contributed by atoms with Gasteiger partial charge < -0.3 is 0 Å². The predicted octanol–water partition coefficient (Wildman–Crippen LogP) is 3.83. The Balaban J connectivity index is 2.42. The molecule has 0 aliphatic rings. The van der Waals surface area contributed by atoms with Crippen LogP contribution in [0.2, 0.25) is 0 Å². The molecule has 2 nitrogen and oxygen atoms in total. The van der Waals surface area contributed by atoms with Crippen molar-refractivity contribution in [2.75, 3.05) is 0 Å². The van der Waals surface area contributed by atoms with E-state index in [4.69, 9.17) is 5.26 Å². The lowest BCUT2D eigenvalue weighted by Crippen LogP contribution is -2.04. The van der Waals surface area contributed by atoms with E-state index in [0.717, 1.165) is 12.1 Å². The van der Waals surface area contributed by atoms with Crippen molar-refractivity contribution in [1.29, 1.82) is 5.26 Å². The van der Waals surface area contributed by atoms with Gasteiger partial charge in [-0.05, 0) is 35.4 Å². The second-order valence-corrected chi connectivity index (χ2v) is 3.95. The van der Waals surface area contributed by atoms with E-state index in [1.165, 1.54) is 12.3 Å². The molecule has 0 unspecified atom stereocenters. The number of alkyl halides is 3. The summed E-state index contributed by atoms with van der Waals surface area (Å²) in [6.45, 7) is 0. The third-order valence-corrected chi connectivity index (χ3v) is 2.60.